The SMILES string of the molecule is CC1(C)C(=O)C[C@H](O)[C@]2(C)[C@@H]1CC[C@]1(C)O[C@@](C)([C@@H]3CO3)CC[C@@H]21. The van der Waals surface area contributed by atoms with Crippen molar-refractivity contribution in [3.05, 3.63) is 0 Å². The first kappa shape index (κ1) is 17.0. The molecule has 0 bridgehead atoms. The number of hydrogen-bond acceptors (Lipinski definition) is 4. The quantitative estimate of drug-likeness (QED) is 0.748. The first-order chi connectivity index (χ1) is 11.0. The Hall–Kier alpha value is -0.450. The number of aliphatic hydroxyl groups excluding tert-OH is 1. The summed E-state index contributed by atoms with van der Waals surface area (Å²) in [7, 11) is 0. The lowest BCUT2D eigenvalue weighted by atomic mass is 9.43. The average molecular weight is 336 g/mol. The van der Waals surface area contributed by atoms with Crippen LogP contribution in [0, 0.1) is 22.7 Å². The minimum Gasteiger partial charge on any atom is -0.392 e. The fourth-order valence-corrected chi connectivity index (χ4v) is 6.65. The predicted molar refractivity (Wildman–Crippen MR) is 90.6 cm³/mol. The second kappa shape index (κ2) is 4.83. The predicted octanol–water partition coefficient (Wildman–Crippen LogP) is 3.11. The normalized spacial score (nSPS) is 56.3. The van der Waals surface area contributed by atoms with Crippen LogP contribution in [-0.4, -0.2) is 40.9 Å². The Bertz CT molecular complexity index is 568. The monoisotopic (exact) mass is 336 g/mol. The van der Waals surface area contributed by atoms with E-state index in [1.165, 1.54) is 0 Å². The molecule has 4 nitrogen and oxygen atoms in total. The number of carbonyl (C=O) groups is 1. The van der Waals surface area contributed by atoms with Gasteiger partial charge in [0.05, 0.1) is 23.9 Å². The van der Waals surface area contributed by atoms with E-state index in [2.05, 4.69) is 34.6 Å². The van der Waals surface area contributed by atoms with Crippen LogP contribution in [0.2, 0.25) is 0 Å². The van der Waals surface area contributed by atoms with E-state index >= 15 is 0 Å². The number of ether oxygens (including phenoxy) is 2. The lowest BCUT2D eigenvalue weighted by Crippen LogP contribution is -2.68. The van der Waals surface area contributed by atoms with E-state index < -0.39 is 6.10 Å². The van der Waals surface area contributed by atoms with E-state index in [4.69, 9.17) is 9.47 Å². The van der Waals surface area contributed by atoms with Gasteiger partial charge in [-0.15, -0.1) is 0 Å². The summed E-state index contributed by atoms with van der Waals surface area (Å²) in [4.78, 5) is 12.6. The Morgan fingerprint density at radius 1 is 1.00 bits per heavy atom. The van der Waals surface area contributed by atoms with Gasteiger partial charge in [0.2, 0.25) is 0 Å². The molecule has 2 heterocycles. The second-order valence-electron chi connectivity index (χ2n) is 9.96. The third kappa shape index (κ3) is 2.05. The summed E-state index contributed by atoms with van der Waals surface area (Å²) >= 11 is 0. The van der Waals surface area contributed by atoms with Crippen LogP contribution in [0.4, 0.5) is 0 Å². The summed E-state index contributed by atoms with van der Waals surface area (Å²) in [5, 5.41) is 11.0. The molecule has 0 unspecified atom stereocenters. The van der Waals surface area contributed by atoms with Gasteiger partial charge in [0.15, 0.2) is 0 Å². The zero-order chi connectivity index (χ0) is 17.5. The molecule has 4 aliphatic rings. The van der Waals surface area contributed by atoms with E-state index in [1.807, 2.05) is 0 Å². The van der Waals surface area contributed by atoms with E-state index in [0.717, 1.165) is 32.3 Å². The Morgan fingerprint density at radius 2 is 1.58 bits per heavy atom. The number of epoxide rings is 1. The van der Waals surface area contributed by atoms with Crippen LogP contribution in [0.5, 0.6) is 0 Å². The Labute approximate surface area is 145 Å². The van der Waals surface area contributed by atoms with Crippen LogP contribution in [0.25, 0.3) is 0 Å². The first-order valence-corrected chi connectivity index (χ1v) is 9.57. The van der Waals surface area contributed by atoms with Crippen LogP contribution in [-0.2, 0) is 14.3 Å². The van der Waals surface area contributed by atoms with Crippen molar-refractivity contribution in [1.29, 1.82) is 0 Å². The van der Waals surface area contributed by atoms with Crippen LogP contribution in [0.15, 0.2) is 0 Å². The fraction of sp³-hybridized carbons (Fsp3) is 0.950. The largest absolute Gasteiger partial charge is 0.392 e. The molecule has 4 rings (SSSR count). The van der Waals surface area contributed by atoms with Crippen LogP contribution in [0.1, 0.15) is 66.7 Å². The van der Waals surface area contributed by atoms with E-state index in [9.17, 15) is 9.90 Å². The molecule has 0 aromatic rings. The standard InChI is InChI=1S/C20H32O4/c1-17(2)12-6-8-18(3)13(20(12,5)15(22)10-14(17)21)7-9-19(4,24-18)16-11-23-16/h12-13,15-16,22H,6-11H2,1-5H3/t12-,13-,15+,16+,18+,19-,20-/m1/s1. The second-order valence-corrected chi connectivity index (χ2v) is 9.96. The van der Waals surface area contributed by atoms with E-state index in [0.29, 0.717) is 0 Å². The number of hydrogen-bond donors (Lipinski definition) is 1. The highest BCUT2D eigenvalue weighted by molar-refractivity contribution is 5.86. The summed E-state index contributed by atoms with van der Waals surface area (Å²) in [6.45, 7) is 11.6. The fourth-order valence-electron chi connectivity index (χ4n) is 6.65. The van der Waals surface area contributed by atoms with Gasteiger partial charge in [-0.05, 0) is 51.4 Å². The number of aliphatic hydroxyl groups is 1. The summed E-state index contributed by atoms with van der Waals surface area (Å²) in [5.74, 6) is 0.733. The van der Waals surface area contributed by atoms with Crippen molar-refractivity contribution in [1.82, 2.24) is 0 Å². The van der Waals surface area contributed by atoms with Gasteiger partial charge in [0.25, 0.3) is 0 Å². The number of Topliss-reactive ketones (excluding diaryl/α,β-unsaturated/α-hetero) is 1. The molecule has 2 aliphatic heterocycles. The Kier molecular flexibility index (Phi) is 3.42. The molecule has 2 saturated heterocycles. The van der Waals surface area contributed by atoms with Crippen molar-refractivity contribution in [3.63, 3.8) is 0 Å². The van der Waals surface area contributed by atoms with Crippen molar-refractivity contribution in [2.75, 3.05) is 6.61 Å². The number of ketones is 1. The van der Waals surface area contributed by atoms with Gasteiger partial charge in [-0.1, -0.05) is 20.8 Å². The van der Waals surface area contributed by atoms with Gasteiger partial charge >= 0.3 is 0 Å². The molecule has 0 aromatic heterocycles. The zero-order valence-corrected chi connectivity index (χ0v) is 15.7. The number of carbonyl (C=O) groups excluding carboxylic acids is 1. The van der Waals surface area contributed by atoms with E-state index in [-0.39, 0.29) is 52.2 Å². The van der Waals surface area contributed by atoms with Gasteiger partial charge in [-0.3, -0.25) is 4.79 Å². The maximum Gasteiger partial charge on any atom is 0.141 e. The van der Waals surface area contributed by atoms with Crippen molar-refractivity contribution in [3.8, 4) is 0 Å². The summed E-state index contributed by atoms with van der Waals surface area (Å²) in [6.07, 6.45) is 3.88. The summed E-state index contributed by atoms with van der Waals surface area (Å²) in [6, 6.07) is 0. The van der Waals surface area contributed by atoms with Crippen molar-refractivity contribution < 1.29 is 19.4 Å². The highest BCUT2D eigenvalue weighted by Crippen LogP contribution is 2.65. The van der Waals surface area contributed by atoms with Gasteiger partial charge in [-0.2, -0.15) is 0 Å². The molecular formula is C20H32O4. The number of fused-ring (bicyclic) bond motifs is 3. The third-order valence-electron chi connectivity index (χ3n) is 8.26. The zero-order valence-electron chi connectivity index (χ0n) is 15.7. The molecule has 0 amide bonds. The van der Waals surface area contributed by atoms with Gasteiger partial charge in [0.1, 0.15) is 11.9 Å². The highest BCUT2D eigenvalue weighted by atomic mass is 16.6. The maximum atomic E-state index is 12.6. The molecular weight excluding hydrogens is 304 g/mol. The smallest absolute Gasteiger partial charge is 0.141 e. The molecule has 7 atom stereocenters. The van der Waals surface area contributed by atoms with Gasteiger partial charge in [-0.25, -0.2) is 0 Å². The topological polar surface area (TPSA) is 59.1 Å². The third-order valence-corrected chi connectivity index (χ3v) is 8.26. The minimum atomic E-state index is -0.558. The molecule has 24 heavy (non-hydrogen) atoms. The summed E-state index contributed by atoms with van der Waals surface area (Å²) < 4.78 is 12.3. The summed E-state index contributed by atoms with van der Waals surface area (Å²) in [5.41, 5.74) is -1.03. The van der Waals surface area contributed by atoms with Gasteiger partial charge in [0, 0.05) is 17.3 Å². The van der Waals surface area contributed by atoms with Crippen LogP contribution >= 0.6 is 0 Å². The minimum absolute atomic E-state index is 0.195. The highest BCUT2D eigenvalue weighted by Gasteiger charge is 2.67. The molecule has 2 aliphatic carbocycles. The first-order valence-electron chi connectivity index (χ1n) is 9.57. The van der Waals surface area contributed by atoms with Crippen molar-refractivity contribution >= 4 is 5.78 Å². The molecule has 136 valence electrons. The number of rotatable bonds is 1. The Morgan fingerprint density at radius 3 is 2.21 bits per heavy atom. The molecule has 0 spiro atoms. The molecule has 0 radical (unpaired) electrons. The maximum absolute atomic E-state index is 12.6. The average Bonchev–Trinajstić information content (AvgIpc) is 3.29. The van der Waals surface area contributed by atoms with Gasteiger partial charge < -0.3 is 14.6 Å². The van der Waals surface area contributed by atoms with Crippen LogP contribution in [0.3, 0.4) is 0 Å². The molecule has 1 N–H and O–H groups in total. The molecule has 4 fully saturated rings. The van der Waals surface area contributed by atoms with Crippen molar-refractivity contribution in [2.45, 2.75) is 90.1 Å². The molecule has 2 saturated carbocycles. The van der Waals surface area contributed by atoms with Crippen molar-refractivity contribution in [2.24, 2.45) is 22.7 Å². The molecule has 4 heteroatoms. The Balaban J connectivity index is 1.70. The lowest BCUT2D eigenvalue weighted by Gasteiger charge is -2.65. The van der Waals surface area contributed by atoms with E-state index in [1.54, 1.807) is 0 Å². The molecule has 0 aromatic carbocycles. The lowest BCUT2D eigenvalue weighted by molar-refractivity contribution is -0.282. The van der Waals surface area contributed by atoms with Crippen LogP contribution < -0.4 is 0 Å².